The van der Waals surface area contributed by atoms with Gasteiger partial charge in [-0.1, -0.05) is 19.3 Å². The molecule has 0 aromatic heterocycles. The summed E-state index contributed by atoms with van der Waals surface area (Å²) in [5, 5.41) is 20.2. The molecule has 0 aliphatic heterocycles. The third-order valence-corrected chi connectivity index (χ3v) is 3.58. The van der Waals surface area contributed by atoms with E-state index in [1.165, 1.54) is 32.1 Å². The molecule has 0 bridgehead atoms. The Morgan fingerprint density at radius 2 is 1.95 bits per heavy atom. The van der Waals surface area contributed by atoms with Crippen LogP contribution >= 0.6 is 0 Å². The average molecular weight is 272 g/mol. The fraction of sp³-hybridized carbons (Fsp3) is 0.846. The lowest BCUT2D eigenvalue weighted by molar-refractivity contribution is -0.146. The molecule has 1 unspecified atom stereocenters. The molecular formula is C13H24N2O4. The Balaban J connectivity index is 2.19. The summed E-state index contributed by atoms with van der Waals surface area (Å²) in [6.45, 7) is 0.911. The quantitative estimate of drug-likeness (QED) is 0.674. The Hall–Kier alpha value is -1.30. The van der Waals surface area contributed by atoms with Gasteiger partial charge in [-0.25, -0.2) is 9.59 Å². The van der Waals surface area contributed by atoms with Crippen LogP contribution in [0.2, 0.25) is 0 Å². The number of carboxylic acid groups (broad SMARTS) is 1. The van der Waals surface area contributed by atoms with Crippen LogP contribution in [0.3, 0.4) is 0 Å². The van der Waals surface area contributed by atoms with E-state index in [4.69, 9.17) is 10.2 Å². The second-order valence-electron chi connectivity index (χ2n) is 5.26. The molecule has 0 saturated heterocycles. The zero-order valence-electron chi connectivity index (χ0n) is 11.5. The number of carbonyl (C=O) groups excluding carboxylic acids is 1. The van der Waals surface area contributed by atoms with Gasteiger partial charge < -0.3 is 20.4 Å². The van der Waals surface area contributed by atoms with Crippen LogP contribution in [0.25, 0.3) is 0 Å². The van der Waals surface area contributed by atoms with Gasteiger partial charge in [0, 0.05) is 26.6 Å². The van der Waals surface area contributed by atoms with Gasteiger partial charge in [0.1, 0.15) is 0 Å². The van der Waals surface area contributed by atoms with E-state index in [9.17, 15) is 9.59 Å². The zero-order chi connectivity index (χ0) is 14.3. The molecular weight excluding hydrogens is 248 g/mol. The van der Waals surface area contributed by atoms with Crippen LogP contribution in [0.4, 0.5) is 4.79 Å². The molecule has 1 aliphatic rings. The number of amides is 2. The van der Waals surface area contributed by atoms with Crippen molar-refractivity contribution in [2.75, 3.05) is 20.1 Å². The van der Waals surface area contributed by atoms with Crippen LogP contribution in [0, 0.1) is 5.92 Å². The van der Waals surface area contributed by atoms with Crippen LogP contribution in [0.15, 0.2) is 0 Å². The maximum atomic E-state index is 11.8. The molecule has 1 atom stereocenters. The number of carboxylic acids is 1. The number of rotatable bonds is 6. The summed E-state index contributed by atoms with van der Waals surface area (Å²) in [6, 6.07) is -0.205. The van der Waals surface area contributed by atoms with Crippen molar-refractivity contribution in [2.24, 2.45) is 5.92 Å². The summed E-state index contributed by atoms with van der Waals surface area (Å²) in [4.78, 5) is 23.8. The fourth-order valence-electron chi connectivity index (χ4n) is 2.41. The summed E-state index contributed by atoms with van der Waals surface area (Å²) < 4.78 is 0. The molecule has 19 heavy (non-hydrogen) atoms. The Labute approximate surface area is 113 Å². The molecule has 110 valence electrons. The fourth-order valence-corrected chi connectivity index (χ4v) is 2.41. The van der Waals surface area contributed by atoms with Gasteiger partial charge in [0.2, 0.25) is 0 Å². The molecule has 0 spiro atoms. The highest BCUT2D eigenvalue weighted by Crippen LogP contribution is 2.23. The van der Waals surface area contributed by atoms with Crippen molar-refractivity contribution in [3.05, 3.63) is 0 Å². The smallest absolute Gasteiger partial charge is 0.332 e. The number of carbonyl (C=O) groups is 2. The van der Waals surface area contributed by atoms with Gasteiger partial charge >= 0.3 is 12.0 Å². The number of hydrogen-bond acceptors (Lipinski definition) is 3. The van der Waals surface area contributed by atoms with E-state index >= 15 is 0 Å². The first-order valence-corrected chi connectivity index (χ1v) is 6.90. The van der Waals surface area contributed by atoms with Crippen molar-refractivity contribution < 1.29 is 19.8 Å². The maximum absolute atomic E-state index is 11.8. The molecule has 0 aromatic rings. The predicted octanol–water partition coefficient (Wildman–Crippen LogP) is 1.04. The van der Waals surface area contributed by atoms with Gasteiger partial charge in [-0.05, 0) is 18.8 Å². The lowest BCUT2D eigenvalue weighted by atomic mass is 9.89. The van der Waals surface area contributed by atoms with E-state index in [1.54, 1.807) is 11.9 Å². The number of aliphatic hydroxyl groups excluding tert-OH is 1. The Morgan fingerprint density at radius 1 is 1.32 bits per heavy atom. The lowest BCUT2D eigenvalue weighted by Gasteiger charge is -2.27. The molecule has 1 fully saturated rings. The molecule has 1 saturated carbocycles. The van der Waals surface area contributed by atoms with Crippen molar-refractivity contribution in [3.63, 3.8) is 0 Å². The van der Waals surface area contributed by atoms with Crippen LogP contribution in [-0.2, 0) is 4.79 Å². The molecule has 2 amide bonds. The van der Waals surface area contributed by atoms with Gasteiger partial charge in [0.15, 0.2) is 6.10 Å². The van der Waals surface area contributed by atoms with Crippen molar-refractivity contribution in [2.45, 2.75) is 44.6 Å². The highest BCUT2D eigenvalue weighted by Gasteiger charge is 2.18. The minimum Gasteiger partial charge on any atom is -0.479 e. The molecule has 0 aromatic carbocycles. The third kappa shape index (κ3) is 5.92. The van der Waals surface area contributed by atoms with Crippen molar-refractivity contribution in [1.29, 1.82) is 0 Å². The Kier molecular flexibility index (Phi) is 6.62. The van der Waals surface area contributed by atoms with E-state index in [-0.39, 0.29) is 19.0 Å². The third-order valence-electron chi connectivity index (χ3n) is 3.58. The lowest BCUT2D eigenvalue weighted by Crippen LogP contribution is -2.41. The van der Waals surface area contributed by atoms with E-state index in [0.29, 0.717) is 5.92 Å². The molecule has 0 radical (unpaired) electrons. The van der Waals surface area contributed by atoms with Gasteiger partial charge in [0.05, 0.1) is 0 Å². The summed E-state index contributed by atoms with van der Waals surface area (Å²) in [5.74, 6) is -0.682. The Bertz CT molecular complexity index is 303. The highest BCUT2D eigenvalue weighted by molar-refractivity contribution is 5.74. The number of nitrogens with one attached hydrogen (secondary N) is 1. The number of aliphatic carboxylic acids is 1. The first kappa shape index (κ1) is 15.8. The number of nitrogens with zero attached hydrogens (tertiary/aromatic N) is 1. The number of aliphatic hydroxyl groups is 1. The van der Waals surface area contributed by atoms with Crippen molar-refractivity contribution in [1.82, 2.24) is 10.2 Å². The minimum atomic E-state index is -1.41. The molecule has 6 nitrogen and oxygen atoms in total. The standard InChI is InChI=1S/C13H24N2O4/c1-15(9-10-5-3-2-4-6-10)13(19)14-8-7-11(16)12(17)18/h10-11,16H,2-9H2,1H3,(H,14,19)(H,17,18). The van der Waals surface area contributed by atoms with Crippen molar-refractivity contribution in [3.8, 4) is 0 Å². The van der Waals surface area contributed by atoms with Crippen LogP contribution in [0.5, 0.6) is 0 Å². The summed E-state index contributed by atoms with van der Waals surface area (Å²) in [5.41, 5.74) is 0. The van der Waals surface area contributed by atoms with Gasteiger partial charge in [0.25, 0.3) is 0 Å². The first-order chi connectivity index (χ1) is 9.00. The number of urea groups is 1. The van der Waals surface area contributed by atoms with Crippen molar-refractivity contribution >= 4 is 12.0 Å². The molecule has 1 aliphatic carbocycles. The summed E-state index contributed by atoms with van der Waals surface area (Å²) in [6.07, 6.45) is 4.74. The molecule has 6 heteroatoms. The zero-order valence-corrected chi connectivity index (χ0v) is 11.5. The van der Waals surface area contributed by atoms with Crippen LogP contribution < -0.4 is 5.32 Å². The van der Waals surface area contributed by atoms with E-state index < -0.39 is 12.1 Å². The monoisotopic (exact) mass is 272 g/mol. The average Bonchev–Trinajstić information content (AvgIpc) is 2.39. The highest BCUT2D eigenvalue weighted by atomic mass is 16.4. The van der Waals surface area contributed by atoms with E-state index in [1.807, 2.05) is 0 Å². The maximum Gasteiger partial charge on any atom is 0.332 e. The Morgan fingerprint density at radius 3 is 2.53 bits per heavy atom. The number of hydrogen-bond donors (Lipinski definition) is 3. The van der Waals surface area contributed by atoms with Crippen LogP contribution in [0.1, 0.15) is 38.5 Å². The second-order valence-corrected chi connectivity index (χ2v) is 5.26. The van der Waals surface area contributed by atoms with E-state index in [2.05, 4.69) is 5.32 Å². The summed E-state index contributed by atoms with van der Waals surface area (Å²) >= 11 is 0. The van der Waals surface area contributed by atoms with Gasteiger partial charge in [-0.15, -0.1) is 0 Å². The minimum absolute atomic E-state index is 0.0261. The SMILES string of the molecule is CN(CC1CCCCC1)C(=O)NCCC(O)C(=O)O. The predicted molar refractivity (Wildman–Crippen MR) is 70.9 cm³/mol. The van der Waals surface area contributed by atoms with E-state index in [0.717, 1.165) is 6.54 Å². The normalized spacial score (nSPS) is 17.8. The molecule has 0 heterocycles. The van der Waals surface area contributed by atoms with Gasteiger partial charge in [-0.3, -0.25) is 0 Å². The second kappa shape index (κ2) is 7.99. The first-order valence-electron chi connectivity index (χ1n) is 6.90. The molecule has 3 N–H and O–H groups in total. The topological polar surface area (TPSA) is 89.9 Å². The van der Waals surface area contributed by atoms with Gasteiger partial charge in [-0.2, -0.15) is 0 Å². The summed E-state index contributed by atoms with van der Waals surface area (Å²) in [7, 11) is 1.75. The largest absolute Gasteiger partial charge is 0.479 e. The van der Waals surface area contributed by atoms with Crippen LogP contribution in [-0.4, -0.2) is 53.4 Å². The molecule has 1 rings (SSSR count).